The van der Waals surface area contributed by atoms with Crippen LogP contribution in [0.25, 0.3) is 0 Å². The highest BCUT2D eigenvalue weighted by Gasteiger charge is 2.62. The number of alkyl halides is 3. The van der Waals surface area contributed by atoms with Crippen molar-refractivity contribution in [2.24, 2.45) is 0 Å². The molecule has 0 bridgehead atoms. The lowest BCUT2D eigenvalue weighted by atomic mass is 9.92. The first-order valence-electron chi connectivity index (χ1n) is 9.02. The average Bonchev–Trinajstić information content (AvgIpc) is 2.68. The second-order valence-corrected chi connectivity index (χ2v) is 6.34. The van der Waals surface area contributed by atoms with Gasteiger partial charge in [-0.2, -0.15) is 13.2 Å². The molecule has 8 heteroatoms. The lowest BCUT2D eigenvalue weighted by molar-refractivity contribution is -0.267. The normalized spacial score (nSPS) is 13.5. The number of ether oxygens (including phenoxy) is 1. The first-order valence-corrected chi connectivity index (χ1v) is 9.02. The minimum atomic E-state index is -5.28. The van der Waals surface area contributed by atoms with Crippen LogP contribution in [-0.4, -0.2) is 36.3 Å². The molecule has 0 aromatic heterocycles. The molecule has 2 aromatic carbocycles. The van der Waals surface area contributed by atoms with Crippen LogP contribution in [0.5, 0.6) is 0 Å². The summed E-state index contributed by atoms with van der Waals surface area (Å²) in [7, 11) is 0. The Morgan fingerprint density at radius 1 is 1.03 bits per heavy atom. The third kappa shape index (κ3) is 4.27. The van der Waals surface area contributed by atoms with Gasteiger partial charge in [0.2, 0.25) is 0 Å². The maximum Gasteiger partial charge on any atom is 0.432 e. The van der Waals surface area contributed by atoms with Gasteiger partial charge < -0.3 is 14.7 Å². The third-order valence-corrected chi connectivity index (χ3v) is 4.51. The molecule has 0 saturated carbocycles. The van der Waals surface area contributed by atoms with E-state index in [0.717, 1.165) is 17.7 Å². The second kappa shape index (κ2) is 8.65. The molecule has 0 unspecified atom stereocenters. The number of benzene rings is 2. The zero-order valence-corrected chi connectivity index (χ0v) is 16.3. The van der Waals surface area contributed by atoms with E-state index in [2.05, 4.69) is 4.74 Å². The van der Waals surface area contributed by atoms with E-state index < -0.39 is 23.3 Å². The molecule has 1 N–H and O–H groups in total. The summed E-state index contributed by atoms with van der Waals surface area (Å²) in [6, 6.07) is 11.4. The summed E-state index contributed by atoms with van der Waals surface area (Å²) in [6.45, 7) is 4.81. The van der Waals surface area contributed by atoms with Gasteiger partial charge in [0.15, 0.2) is 0 Å². The fourth-order valence-corrected chi connectivity index (χ4v) is 2.92. The van der Waals surface area contributed by atoms with Gasteiger partial charge in [0.25, 0.3) is 11.5 Å². The number of rotatable bonds is 6. The smallest absolute Gasteiger partial charge is 0.432 e. The number of nitrogens with zero attached hydrogens (tertiary/aromatic N) is 1. The van der Waals surface area contributed by atoms with E-state index in [1.807, 2.05) is 0 Å². The predicted molar refractivity (Wildman–Crippen MR) is 102 cm³/mol. The minimum absolute atomic E-state index is 0.272. The molecule has 1 atom stereocenters. The Balaban J connectivity index is 2.42. The Bertz CT molecular complexity index is 880. The van der Waals surface area contributed by atoms with Crippen LogP contribution in [0, 0.1) is 6.92 Å². The number of hydrogen-bond acceptors (Lipinski definition) is 4. The first-order chi connectivity index (χ1) is 13.6. The lowest BCUT2D eigenvalue weighted by Crippen LogP contribution is -2.50. The molecule has 0 aliphatic rings. The fourth-order valence-electron chi connectivity index (χ4n) is 2.92. The van der Waals surface area contributed by atoms with Gasteiger partial charge in [0, 0.05) is 23.4 Å². The van der Waals surface area contributed by atoms with E-state index in [1.165, 1.54) is 24.0 Å². The fraction of sp³-hybridized carbons (Fsp3) is 0.333. The van der Waals surface area contributed by atoms with E-state index in [1.54, 1.807) is 38.1 Å². The summed E-state index contributed by atoms with van der Waals surface area (Å²) in [5.74, 6) is -2.11. The van der Waals surface area contributed by atoms with Crippen LogP contribution >= 0.6 is 0 Å². The van der Waals surface area contributed by atoms with Crippen molar-refractivity contribution in [1.82, 2.24) is 0 Å². The number of carbonyl (C=O) groups excluding carboxylic acids is 2. The van der Waals surface area contributed by atoms with Crippen molar-refractivity contribution >= 4 is 17.6 Å². The van der Waals surface area contributed by atoms with Crippen molar-refractivity contribution in [1.29, 1.82) is 0 Å². The number of carbonyl (C=O) groups is 2. The molecule has 0 fully saturated rings. The number of aryl methyl sites for hydroxylation is 1. The lowest BCUT2D eigenvalue weighted by Gasteiger charge is -2.29. The van der Waals surface area contributed by atoms with Crippen molar-refractivity contribution in [2.75, 3.05) is 18.1 Å². The Labute approximate surface area is 166 Å². The average molecular weight is 409 g/mol. The van der Waals surface area contributed by atoms with Crippen LogP contribution in [0.1, 0.15) is 35.3 Å². The molecule has 0 radical (unpaired) electrons. The van der Waals surface area contributed by atoms with Gasteiger partial charge in [-0.05, 0) is 44.5 Å². The Hall–Kier alpha value is -2.87. The zero-order chi connectivity index (χ0) is 21.8. The maximum absolute atomic E-state index is 13.5. The van der Waals surface area contributed by atoms with Crippen molar-refractivity contribution in [3.63, 3.8) is 0 Å². The SMILES string of the molecule is CCOC(=O)[C@](O)(c1ccc(N(CC)C(=O)c2ccccc2C)cc1)C(F)(F)F. The van der Waals surface area contributed by atoms with Gasteiger partial charge in [-0.3, -0.25) is 4.79 Å². The van der Waals surface area contributed by atoms with Crippen LogP contribution in [-0.2, 0) is 15.1 Å². The molecule has 2 rings (SSSR count). The van der Waals surface area contributed by atoms with Gasteiger partial charge in [-0.15, -0.1) is 0 Å². The Morgan fingerprint density at radius 3 is 2.10 bits per heavy atom. The summed E-state index contributed by atoms with van der Waals surface area (Å²) in [5, 5.41) is 10.1. The van der Waals surface area contributed by atoms with Crippen molar-refractivity contribution in [3.05, 3.63) is 65.2 Å². The quantitative estimate of drug-likeness (QED) is 0.733. The largest absolute Gasteiger partial charge is 0.463 e. The number of esters is 1. The van der Waals surface area contributed by atoms with Crippen molar-refractivity contribution in [2.45, 2.75) is 32.5 Å². The molecule has 0 spiro atoms. The van der Waals surface area contributed by atoms with Gasteiger partial charge in [-0.25, -0.2) is 4.79 Å². The van der Waals surface area contributed by atoms with Crippen LogP contribution in [0.4, 0.5) is 18.9 Å². The summed E-state index contributed by atoms with van der Waals surface area (Å²) >= 11 is 0. The molecule has 0 saturated heterocycles. The van der Waals surface area contributed by atoms with Gasteiger partial charge in [0.05, 0.1) is 6.61 Å². The van der Waals surface area contributed by atoms with Gasteiger partial charge in [0.1, 0.15) is 0 Å². The molecule has 1 amide bonds. The summed E-state index contributed by atoms with van der Waals surface area (Å²) in [4.78, 5) is 26.1. The Morgan fingerprint density at radius 2 is 1.62 bits per heavy atom. The first kappa shape index (κ1) is 22.4. The molecule has 156 valence electrons. The highest BCUT2D eigenvalue weighted by Crippen LogP contribution is 2.40. The number of halogens is 3. The number of aliphatic hydroxyl groups is 1. The van der Waals surface area contributed by atoms with Gasteiger partial charge >= 0.3 is 12.1 Å². The maximum atomic E-state index is 13.5. The third-order valence-electron chi connectivity index (χ3n) is 4.51. The molecule has 5 nitrogen and oxygen atoms in total. The van der Waals surface area contributed by atoms with E-state index in [4.69, 9.17) is 0 Å². The molecule has 0 aliphatic carbocycles. The molecule has 29 heavy (non-hydrogen) atoms. The number of hydrogen-bond donors (Lipinski definition) is 1. The minimum Gasteiger partial charge on any atom is -0.463 e. The van der Waals surface area contributed by atoms with E-state index in [0.29, 0.717) is 11.3 Å². The van der Waals surface area contributed by atoms with Crippen LogP contribution in [0.3, 0.4) is 0 Å². The number of anilines is 1. The van der Waals surface area contributed by atoms with Gasteiger partial charge in [-0.1, -0.05) is 30.3 Å². The van der Waals surface area contributed by atoms with E-state index in [-0.39, 0.29) is 19.1 Å². The molecule has 0 heterocycles. The van der Waals surface area contributed by atoms with Crippen LogP contribution in [0.2, 0.25) is 0 Å². The standard InChI is InChI=1S/C21H22F3NO4/c1-4-25(18(26)17-9-7-6-8-14(17)3)16-12-10-15(11-13-16)20(28,21(22,23)24)19(27)29-5-2/h6-13,28H,4-5H2,1-3H3/t20-/m1/s1. The molecular weight excluding hydrogens is 387 g/mol. The monoisotopic (exact) mass is 409 g/mol. The van der Waals surface area contributed by atoms with E-state index in [9.17, 15) is 27.9 Å². The van der Waals surface area contributed by atoms with Crippen LogP contribution < -0.4 is 4.90 Å². The Kier molecular flexibility index (Phi) is 6.69. The summed E-state index contributed by atoms with van der Waals surface area (Å²) < 4.78 is 44.8. The summed E-state index contributed by atoms with van der Waals surface area (Å²) in [5.41, 5.74) is -2.92. The zero-order valence-electron chi connectivity index (χ0n) is 16.3. The van der Waals surface area contributed by atoms with Crippen LogP contribution in [0.15, 0.2) is 48.5 Å². The second-order valence-electron chi connectivity index (χ2n) is 6.34. The highest BCUT2D eigenvalue weighted by molar-refractivity contribution is 6.07. The molecule has 2 aromatic rings. The molecule has 0 aliphatic heterocycles. The van der Waals surface area contributed by atoms with E-state index >= 15 is 0 Å². The number of amides is 1. The van der Waals surface area contributed by atoms with Crippen molar-refractivity contribution < 1.29 is 32.6 Å². The highest BCUT2D eigenvalue weighted by atomic mass is 19.4. The van der Waals surface area contributed by atoms with Crippen molar-refractivity contribution in [3.8, 4) is 0 Å². The molecular formula is C21H22F3NO4. The summed E-state index contributed by atoms with van der Waals surface area (Å²) in [6.07, 6.45) is -5.28. The topological polar surface area (TPSA) is 66.8 Å². The predicted octanol–water partition coefficient (Wildman–Crippen LogP) is 3.97.